The molecule has 1 aromatic rings. The summed E-state index contributed by atoms with van der Waals surface area (Å²) in [6, 6.07) is 0. The van der Waals surface area contributed by atoms with Gasteiger partial charge in [0, 0.05) is 38.1 Å². The van der Waals surface area contributed by atoms with E-state index < -0.39 is 0 Å². The highest BCUT2D eigenvalue weighted by atomic mass is 16.3. The first-order chi connectivity index (χ1) is 13.1. The van der Waals surface area contributed by atoms with Crippen molar-refractivity contribution in [3.05, 3.63) is 17.7 Å². The van der Waals surface area contributed by atoms with Gasteiger partial charge in [-0.1, -0.05) is 19.3 Å². The van der Waals surface area contributed by atoms with Gasteiger partial charge < -0.3 is 19.9 Å². The van der Waals surface area contributed by atoms with Crippen molar-refractivity contribution in [1.29, 1.82) is 0 Å². The average molecular weight is 375 g/mol. The van der Waals surface area contributed by atoms with Crippen LogP contribution in [0.1, 0.15) is 67.7 Å². The number of imidazole rings is 1. The fourth-order valence-electron chi connectivity index (χ4n) is 5.57. The van der Waals surface area contributed by atoms with E-state index in [0.717, 1.165) is 50.6 Å². The standard InChI is InChI=1S/C21H34N4O2/c1-16-22-12-18(23-16)20(27)25-10-5-9-21(15-25)14-24(11-8-19(21)26)13-17-6-3-2-4-7-17/h12,17,19,26H,2-11,13-15H2,1H3,(H,22,23)/t19-,21-/m1/s1. The molecule has 2 N–H and O–H groups in total. The zero-order chi connectivity index (χ0) is 18.9. The molecule has 150 valence electrons. The highest BCUT2D eigenvalue weighted by Gasteiger charge is 2.46. The van der Waals surface area contributed by atoms with Crippen LogP contribution in [0.2, 0.25) is 0 Å². The number of carbonyl (C=O) groups excluding carboxylic acids is 1. The molecule has 0 aromatic carbocycles. The maximum atomic E-state index is 12.9. The Hall–Kier alpha value is -1.40. The number of hydrogen-bond acceptors (Lipinski definition) is 4. The number of nitrogens with one attached hydrogen (secondary N) is 1. The van der Waals surface area contributed by atoms with Crippen molar-refractivity contribution in [1.82, 2.24) is 19.8 Å². The molecule has 0 bridgehead atoms. The summed E-state index contributed by atoms with van der Waals surface area (Å²) in [5.74, 6) is 1.60. The van der Waals surface area contributed by atoms with Crippen LogP contribution in [0.5, 0.6) is 0 Å². The van der Waals surface area contributed by atoms with Gasteiger partial charge in [0.05, 0.1) is 12.3 Å². The van der Waals surface area contributed by atoms with E-state index in [-0.39, 0.29) is 17.4 Å². The fourth-order valence-corrected chi connectivity index (χ4v) is 5.57. The molecule has 1 amide bonds. The molecule has 1 aliphatic carbocycles. The molecule has 0 unspecified atom stereocenters. The largest absolute Gasteiger partial charge is 0.392 e. The topological polar surface area (TPSA) is 72.5 Å². The van der Waals surface area contributed by atoms with Crippen molar-refractivity contribution in [2.75, 3.05) is 32.7 Å². The normalized spacial score (nSPS) is 30.7. The Morgan fingerprint density at radius 3 is 2.78 bits per heavy atom. The molecule has 4 rings (SSSR count). The van der Waals surface area contributed by atoms with Gasteiger partial charge in [0.2, 0.25) is 0 Å². The van der Waals surface area contributed by atoms with E-state index in [9.17, 15) is 9.90 Å². The third-order valence-corrected chi connectivity index (χ3v) is 7.03. The molecule has 3 heterocycles. The minimum absolute atomic E-state index is 0.0197. The number of aryl methyl sites for hydroxylation is 1. The van der Waals surface area contributed by atoms with Gasteiger partial charge in [-0.3, -0.25) is 4.79 Å². The summed E-state index contributed by atoms with van der Waals surface area (Å²) in [5.41, 5.74) is 0.393. The molecule has 1 aromatic heterocycles. The van der Waals surface area contributed by atoms with E-state index in [1.807, 2.05) is 11.8 Å². The minimum atomic E-state index is -0.306. The molecule has 6 nitrogen and oxygen atoms in total. The Labute approximate surface area is 162 Å². The molecule has 6 heteroatoms. The monoisotopic (exact) mass is 374 g/mol. The van der Waals surface area contributed by atoms with Crippen LogP contribution in [0.3, 0.4) is 0 Å². The first-order valence-corrected chi connectivity index (χ1v) is 10.8. The minimum Gasteiger partial charge on any atom is -0.392 e. The zero-order valence-electron chi connectivity index (χ0n) is 16.6. The van der Waals surface area contributed by atoms with Crippen LogP contribution >= 0.6 is 0 Å². The molecule has 2 aliphatic heterocycles. The van der Waals surface area contributed by atoms with E-state index >= 15 is 0 Å². The number of aliphatic hydroxyl groups is 1. The number of H-pyrrole nitrogens is 1. The van der Waals surface area contributed by atoms with E-state index in [2.05, 4.69) is 14.9 Å². The van der Waals surface area contributed by atoms with Crippen molar-refractivity contribution in [2.24, 2.45) is 11.3 Å². The molecule has 2 atom stereocenters. The highest BCUT2D eigenvalue weighted by molar-refractivity contribution is 5.92. The van der Waals surface area contributed by atoms with E-state index in [1.54, 1.807) is 6.20 Å². The molecule has 27 heavy (non-hydrogen) atoms. The van der Waals surface area contributed by atoms with Gasteiger partial charge in [0.15, 0.2) is 0 Å². The number of carbonyl (C=O) groups is 1. The summed E-state index contributed by atoms with van der Waals surface area (Å²) in [6.45, 7) is 6.38. The zero-order valence-corrected chi connectivity index (χ0v) is 16.6. The number of nitrogens with zero attached hydrogens (tertiary/aromatic N) is 3. The Bertz CT molecular complexity index is 654. The molecule has 1 saturated carbocycles. The summed E-state index contributed by atoms with van der Waals surface area (Å²) in [7, 11) is 0. The summed E-state index contributed by atoms with van der Waals surface area (Å²) in [5, 5.41) is 10.9. The van der Waals surface area contributed by atoms with Crippen LogP contribution < -0.4 is 0 Å². The number of aromatic amines is 1. The maximum absolute atomic E-state index is 12.9. The van der Waals surface area contributed by atoms with Crippen molar-refractivity contribution in [2.45, 2.75) is 64.4 Å². The van der Waals surface area contributed by atoms with Crippen molar-refractivity contribution < 1.29 is 9.90 Å². The summed E-state index contributed by atoms with van der Waals surface area (Å²) < 4.78 is 0. The van der Waals surface area contributed by atoms with Crippen molar-refractivity contribution in [3.8, 4) is 0 Å². The molecular weight excluding hydrogens is 340 g/mol. The molecular formula is C21H34N4O2. The van der Waals surface area contributed by atoms with Gasteiger partial charge in [-0.15, -0.1) is 0 Å². The summed E-state index contributed by atoms with van der Waals surface area (Å²) in [4.78, 5) is 24.6. The number of amides is 1. The Kier molecular flexibility index (Phi) is 5.55. The molecule has 3 fully saturated rings. The summed E-state index contributed by atoms with van der Waals surface area (Å²) in [6.07, 6.45) is 11.0. The number of likely N-dealkylation sites (tertiary alicyclic amines) is 2. The molecule has 0 radical (unpaired) electrons. The van der Waals surface area contributed by atoms with Crippen LogP contribution in [0.15, 0.2) is 6.20 Å². The fraction of sp³-hybridized carbons (Fsp3) is 0.810. The second-order valence-electron chi connectivity index (χ2n) is 9.12. The number of hydrogen-bond donors (Lipinski definition) is 2. The smallest absolute Gasteiger partial charge is 0.271 e. The SMILES string of the molecule is Cc1ncc(C(=O)N2CCC[C@@]3(CN(CC4CCCCC4)CC[C@H]3O)C2)[nH]1. The maximum Gasteiger partial charge on any atom is 0.271 e. The number of aliphatic hydroxyl groups excluding tert-OH is 1. The average Bonchev–Trinajstić information content (AvgIpc) is 3.12. The van der Waals surface area contributed by atoms with Crippen LogP contribution in [-0.4, -0.2) is 69.6 Å². The third-order valence-electron chi connectivity index (χ3n) is 7.03. The number of aromatic nitrogens is 2. The summed E-state index contributed by atoms with van der Waals surface area (Å²) >= 11 is 0. The van der Waals surface area contributed by atoms with Gasteiger partial charge in [-0.2, -0.15) is 0 Å². The molecule has 1 spiro atoms. The van der Waals surface area contributed by atoms with Gasteiger partial charge in [-0.25, -0.2) is 4.98 Å². The lowest BCUT2D eigenvalue weighted by Gasteiger charge is -2.51. The van der Waals surface area contributed by atoms with Crippen molar-refractivity contribution in [3.63, 3.8) is 0 Å². The first-order valence-electron chi connectivity index (χ1n) is 10.8. The van der Waals surface area contributed by atoms with Crippen molar-refractivity contribution >= 4 is 5.91 Å². The Balaban J connectivity index is 1.43. The van der Waals surface area contributed by atoms with Gasteiger partial charge in [0.1, 0.15) is 11.5 Å². The Morgan fingerprint density at radius 2 is 2.04 bits per heavy atom. The second kappa shape index (κ2) is 7.92. The first kappa shape index (κ1) is 18.9. The molecule has 2 saturated heterocycles. The predicted octanol–water partition coefficient (Wildman–Crippen LogP) is 2.59. The quantitative estimate of drug-likeness (QED) is 0.853. The van der Waals surface area contributed by atoms with E-state index in [4.69, 9.17) is 0 Å². The number of rotatable bonds is 3. The van der Waals surface area contributed by atoms with Gasteiger partial charge in [-0.05, 0) is 44.9 Å². The van der Waals surface area contributed by atoms with Crippen LogP contribution in [0, 0.1) is 18.3 Å². The van der Waals surface area contributed by atoms with Crippen LogP contribution in [0.4, 0.5) is 0 Å². The lowest BCUT2D eigenvalue weighted by molar-refractivity contribution is -0.0819. The number of piperidine rings is 2. The van der Waals surface area contributed by atoms with E-state index in [0.29, 0.717) is 12.2 Å². The van der Waals surface area contributed by atoms with Gasteiger partial charge in [0.25, 0.3) is 5.91 Å². The molecule has 3 aliphatic rings. The second-order valence-corrected chi connectivity index (χ2v) is 9.12. The predicted molar refractivity (Wildman–Crippen MR) is 105 cm³/mol. The lowest BCUT2D eigenvalue weighted by atomic mass is 9.71. The van der Waals surface area contributed by atoms with Crippen LogP contribution in [0.25, 0.3) is 0 Å². The van der Waals surface area contributed by atoms with Gasteiger partial charge >= 0.3 is 0 Å². The lowest BCUT2D eigenvalue weighted by Crippen LogP contribution is -2.60. The Morgan fingerprint density at radius 1 is 1.22 bits per heavy atom. The third kappa shape index (κ3) is 4.06. The highest BCUT2D eigenvalue weighted by Crippen LogP contribution is 2.40. The van der Waals surface area contributed by atoms with Crippen LogP contribution in [-0.2, 0) is 0 Å². The van der Waals surface area contributed by atoms with E-state index in [1.165, 1.54) is 38.6 Å².